The van der Waals surface area contributed by atoms with Crippen molar-refractivity contribution in [2.45, 2.75) is 25.8 Å². The monoisotopic (exact) mass is 399 g/mol. The lowest BCUT2D eigenvalue weighted by molar-refractivity contribution is -0.124. The standard InChI is InChI=1S/C22H25NO6/c1-26-18-9-14(10-19(27-2)21(18)28-3)12-23-20(24)13-29-22(25)17-8-7-15-5-4-6-16(15)11-17/h7-11H,4-6,12-13H2,1-3H3,(H,23,24). The highest BCUT2D eigenvalue weighted by Crippen LogP contribution is 2.38. The van der Waals surface area contributed by atoms with E-state index < -0.39 is 11.9 Å². The minimum Gasteiger partial charge on any atom is -0.493 e. The molecule has 0 radical (unpaired) electrons. The lowest BCUT2D eigenvalue weighted by Gasteiger charge is -2.14. The second kappa shape index (κ2) is 9.32. The Morgan fingerprint density at radius 3 is 2.28 bits per heavy atom. The number of esters is 1. The van der Waals surface area contributed by atoms with E-state index >= 15 is 0 Å². The number of hydrogen-bond donors (Lipinski definition) is 1. The highest BCUT2D eigenvalue weighted by molar-refractivity contribution is 5.91. The van der Waals surface area contributed by atoms with Crippen LogP contribution in [0.4, 0.5) is 0 Å². The summed E-state index contributed by atoms with van der Waals surface area (Å²) in [5, 5.41) is 2.72. The molecular formula is C22H25NO6. The molecule has 1 aliphatic rings. The SMILES string of the molecule is COc1cc(CNC(=O)COC(=O)c2ccc3c(c2)CCC3)cc(OC)c1OC. The maximum absolute atomic E-state index is 12.2. The van der Waals surface area contributed by atoms with Gasteiger partial charge in [-0.2, -0.15) is 0 Å². The molecule has 0 saturated carbocycles. The summed E-state index contributed by atoms with van der Waals surface area (Å²) in [4.78, 5) is 24.3. The number of nitrogens with one attached hydrogen (secondary N) is 1. The molecule has 1 amide bonds. The smallest absolute Gasteiger partial charge is 0.338 e. The summed E-state index contributed by atoms with van der Waals surface area (Å²) in [6, 6.07) is 9.07. The summed E-state index contributed by atoms with van der Waals surface area (Å²) in [6.07, 6.45) is 3.14. The predicted molar refractivity (Wildman–Crippen MR) is 107 cm³/mol. The number of carbonyl (C=O) groups is 2. The van der Waals surface area contributed by atoms with Gasteiger partial charge in [0.25, 0.3) is 5.91 Å². The zero-order valence-corrected chi connectivity index (χ0v) is 16.9. The van der Waals surface area contributed by atoms with Crippen molar-refractivity contribution >= 4 is 11.9 Å². The molecule has 0 aliphatic heterocycles. The molecule has 2 aromatic rings. The second-order valence-electron chi connectivity index (χ2n) is 6.72. The summed E-state index contributed by atoms with van der Waals surface area (Å²) in [5.41, 5.74) is 3.71. The number of ether oxygens (including phenoxy) is 4. The quantitative estimate of drug-likeness (QED) is 0.687. The Labute approximate surface area is 169 Å². The molecule has 0 unspecified atom stereocenters. The van der Waals surface area contributed by atoms with E-state index in [2.05, 4.69) is 5.32 Å². The lowest BCUT2D eigenvalue weighted by Crippen LogP contribution is -2.28. The molecule has 0 atom stereocenters. The summed E-state index contributed by atoms with van der Waals surface area (Å²) in [7, 11) is 4.58. The minimum absolute atomic E-state index is 0.228. The van der Waals surface area contributed by atoms with Gasteiger partial charge in [0.2, 0.25) is 5.75 Å². The average molecular weight is 399 g/mol. The van der Waals surface area contributed by atoms with Crippen LogP contribution in [-0.4, -0.2) is 39.8 Å². The Morgan fingerprint density at radius 2 is 1.62 bits per heavy atom. The molecule has 2 aromatic carbocycles. The van der Waals surface area contributed by atoms with Gasteiger partial charge in [-0.25, -0.2) is 4.79 Å². The average Bonchev–Trinajstić information content (AvgIpc) is 3.22. The van der Waals surface area contributed by atoms with Gasteiger partial charge in [0.05, 0.1) is 26.9 Å². The van der Waals surface area contributed by atoms with Crippen LogP contribution in [0.1, 0.15) is 33.5 Å². The summed E-state index contributed by atoms with van der Waals surface area (Å²) < 4.78 is 21.0. The molecule has 7 heteroatoms. The Kier molecular flexibility index (Phi) is 6.59. The van der Waals surface area contributed by atoms with E-state index in [1.54, 1.807) is 18.2 Å². The van der Waals surface area contributed by atoms with Gasteiger partial charge in [0.15, 0.2) is 18.1 Å². The molecule has 154 valence electrons. The highest BCUT2D eigenvalue weighted by atomic mass is 16.5. The van der Waals surface area contributed by atoms with Crippen LogP contribution in [0, 0.1) is 0 Å². The summed E-state index contributed by atoms with van der Waals surface area (Å²) in [6.45, 7) is -0.119. The fourth-order valence-corrected chi connectivity index (χ4v) is 3.40. The molecule has 0 spiro atoms. The van der Waals surface area contributed by atoms with Crippen molar-refractivity contribution in [3.8, 4) is 17.2 Å². The first-order valence-electron chi connectivity index (χ1n) is 9.40. The first-order chi connectivity index (χ1) is 14.0. The van der Waals surface area contributed by atoms with Gasteiger partial charge < -0.3 is 24.3 Å². The van der Waals surface area contributed by atoms with Crippen LogP contribution < -0.4 is 19.5 Å². The number of methoxy groups -OCH3 is 3. The normalized spacial score (nSPS) is 12.1. The van der Waals surface area contributed by atoms with Crippen LogP contribution in [-0.2, 0) is 28.9 Å². The highest BCUT2D eigenvalue weighted by Gasteiger charge is 2.16. The van der Waals surface area contributed by atoms with E-state index in [0.29, 0.717) is 22.8 Å². The van der Waals surface area contributed by atoms with Crippen LogP contribution >= 0.6 is 0 Å². The zero-order chi connectivity index (χ0) is 20.8. The minimum atomic E-state index is -0.498. The van der Waals surface area contributed by atoms with Crippen LogP contribution in [0.5, 0.6) is 17.2 Å². The van der Waals surface area contributed by atoms with E-state index in [-0.39, 0.29) is 13.2 Å². The third-order valence-electron chi connectivity index (χ3n) is 4.88. The third-order valence-corrected chi connectivity index (χ3v) is 4.88. The maximum atomic E-state index is 12.2. The number of hydrogen-bond acceptors (Lipinski definition) is 6. The van der Waals surface area contributed by atoms with E-state index in [4.69, 9.17) is 18.9 Å². The molecule has 29 heavy (non-hydrogen) atoms. The molecule has 0 saturated heterocycles. The Hall–Kier alpha value is -3.22. The molecule has 0 heterocycles. The van der Waals surface area contributed by atoms with Crippen molar-refractivity contribution in [3.63, 3.8) is 0 Å². The van der Waals surface area contributed by atoms with Crippen molar-refractivity contribution in [2.24, 2.45) is 0 Å². The van der Waals surface area contributed by atoms with E-state index in [9.17, 15) is 9.59 Å². The van der Waals surface area contributed by atoms with Gasteiger partial charge in [-0.15, -0.1) is 0 Å². The van der Waals surface area contributed by atoms with E-state index in [1.165, 1.54) is 32.5 Å². The topological polar surface area (TPSA) is 83.1 Å². The Morgan fingerprint density at radius 1 is 0.931 bits per heavy atom. The van der Waals surface area contributed by atoms with Gasteiger partial charge in [0.1, 0.15) is 0 Å². The number of amides is 1. The Balaban J connectivity index is 1.54. The van der Waals surface area contributed by atoms with Gasteiger partial charge in [0, 0.05) is 6.54 Å². The van der Waals surface area contributed by atoms with Crippen molar-refractivity contribution in [1.82, 2.24) is 5.32 Å². The van der Waals surface area contributed by atoms with Gasteiger partial charge in [-0.3, -0.25) is 4.79 Å². The van der Waals surface area contributed by atoms with Gasteiger partial charge in [-0.1, -0.05) is 6.07 Å². The van der Waals surface area contributed by atoms with Gasteiger partial charge in [-0.05, 0) is 60.2 Å². The van der Waals surface area contributed by atoms with Crippen LogP contribution in [0.15, 0.2) is 30.3 Å². The van der Waals surface area contributed by atoms with Crippen molar-refractivity contribution in [1.29, 1.82) is 0 Å². The zero-order valence-electron chi connectivity index (χ0n) is 16.9. The van der Waals surface area contributed by atoms with Crippen molar-refractivity contribution in [3.05, 3.63) is 52.6 Å². The van der Waals surface area contributed by atoms with Crippen molar-refractivity contribution in [2.75, 3.05) is 27.9 Å². The van der Waals surface area contributed by atoms with Crippen molar-refractivity contribution < 1.29 is 28.5 Å². The number of rotatable bonds is 8. The van der Waals surface area contributed by atoms with Gasteiger partial charge >= 0.3 is 5.97 Å². The number of carbonyl (C=O) groups excluding carboxylic acids is 2. The molecule has 1 aliphatic carbocycles. The van der Waals surface area contributed by atoms with Crippen LogP contribution in [0.2, 0.25) is 0 Å². The molecular weight excluding hydrogens is 374 g/mol. The Bertz CT molecular complexity index is 883. The van der Waals surface area contributed by atoms with Crippen LogP contribution in [0.3, 0.4) is 0 Å². The first-order valence-corrected chi connectivity index (χ1v) is 9.40. The van der Waals surface area contributed by atoms with E-state index in [1.807, 2.05) is 12.1 Å². The maximum Gasteiger partial charge on any atom is 0.338 e. The fraction of sp³-hybridized carbons (Fsp3) is 0.364. The molecule has 0 bridgehead atoms. The number of benzene rings is 2. The summed E-state index contributed by atoms with van der Waals surface area (Å²) >= 11 is 0. The third kappa shape index (κ3) is 4.80. The molecule has 7 nitrogen and oxygen atoms in total. The van der Waals surface area contributed by atoms with Crippen LogP contribution in [0.25, 0.3) is 0 Å². The molecule has 1 N–H and O–H groups in total. The molecule has 0 fully saturated rings. The predicted octanol–water partition coefficient (Wildman–Crippen LogP) is 2.67. The molecule has 3 rings (SSSR count). The second-order valence-corrected chi connectivity index (χ2v) is 6.72. The number of aryl methyl sites for hydroxylation is 2. The number of fused-ring (bicyclic) bond motifs is 1. The lowest BCUT2D eigenvalue weighted by atomic mass is 10.1. The first kappa shape index (κ1) is 20.5. The summed E-state index contributed by atoms with van der Waals surface area (Å²) in [5.74, 6) is 0.586. The fourth-order valence-electron chi connectivity index (χ4n) is 3.40. The largest absolute Gasteiger partial charge is 0.493 e. The molecule has 0 aromatic heterocycles. The van der Waals surface area contributed by atoms with E-state index in [0.717, 1.165) is 24.8 Å².